The van der Waals surface area contributed by atoms with E-state index in [4.69, 9.17) is 5.73 Å². The predicted molar refractivity (Wildman–Crippen MR) is 105 cm³/mol. The van der Waals surface area contributed by atoms with Gasteiger partial charge in [0.1, 0.15) is 5.84 Å². The van der Waals surface area contributed by atoms with E-state index in [1.165, 1.54) is 0 Å². The maximum Gasteiger partial charge on any atom is 0.345 e. The monoisotopic (exact) mass is 396 g/mol. The molecule has 0 aromatic heterocycles. The Kier molecular flexibility index (Phi) is 7.42. The summed E-state index contributed by atoms with van der Waals surface area (Å²) >= 11 is 3.45. The minimum Gasteiger partial charge on any atom is -0.386 e. The second-order valence-corrected chi connectivity index (χ2v) is 7.78. The number of amidine groups is 1. The zero-order valence-electron chi connectivity index (χ0n) is 15.5. The summed E-state index contributed by atoms with van der Waals surface area (Å²) in [6.45, 7) is 7.60. The normalized spacial score (nSPS) is 14.8. The van der Waals surface area contributed by atoms with Crippen LogP contribution in [-0.2, 0) is 5.41 Å². The van der Waals surface area contributed by atoms with Crippen LogP contribution in [0.25, 0.3) is 0 Å². The van der Waals surface area contributed by atoms with Crippen LogP contribution in [0.3, 0.4) is 0 Å². The first-order valence-electron chi connectivity index (χ1n) is 8.09. The number of likely N-dealkylation sites (N-methyl/N-ethyl adjacent to an activating group) is 2. The molecule has 0 heterocycles. The standard InChI is InChI=1S/C18H29BrN4O/c1-13(2)18(3,14-7-9-15(19)10-8-14)16(20)21-17(24)23(6)12-11-22(4)5/h7-10,13H,11-12H2,1-6H3,(H2,20,21,24). The zero-order valence-corrected chi connectivity index (χ0v) is 17.1. The molecule has 1 aromatic carbocycles. The Hall–Kier alpha value is -1.40. The molecule has 1 unspecified atom stereocenters. The van der Waals surface area contributed by atoms with E-state index in [9.17, 15) is 4.79 Å². The first-order chi connectivity index (χ1) is 11.1. The predicted octanol–water partition coefficient (Wildman–Crippen LogP) is 3.33. The molecule has 0 aliphatic heterocycles. The summed E-state index contributed by atoms with van der Waals surface area (Å²) in [4.78, 5) is 20.2. The topological polar surface area (TPSA) is 61.9 Å². The molecule has 0 aliphatic carbocycles. The summed E-state index contributed by atoms with van der Waals surface area (Å²) in [5.74, 6) is 0.545. The number of nitrogens with two attached hydrogens (primary N) is 1. The number of benzene rings is 1. The lowest BCUT2D eigenvalue weighted by atomic mass is 9.72. The van der Waals surface area contributed by atoms with Crippen molar-refractivity contribution in [2.45, 2.75) is 26.2 Å². The second-order valence-electron chi connectivity index (χ2n) is 6.87. The first-order valence-corrected chi connectivity index (χ1v) is 8.88. The Bertz CT molecular complexity index is 583. The van der Waals surface area contributed by atoms with Crippen molar-refractivity contribution in [3.05, 3.63) is 34.3 Å². The molecule has 134 valence electrons. The third-order valence-corrected chi connectivity index (χ3v) is 5.08. The van der Waals surface area contributed by atoms with Crippen LogP contribution in [0.4, 0.5) is 4.79 Å². The fourth-order valence-electron chi connectivity index (χ4n) is 2.32. The van der Waals surface area contributed by atoms with Crippen LogP contribution in [0.2, 0.25) is 0 Å². The van der Waals surface area contributed by atoms with Gasteiger partial charge in [-0.25, -0.2) is 4.79 Å². The van der Waals surface area contributed by atoms with Gasteiger partial charge in [-0.15, -0.1) is 0 Å². The first kappa shape index (κ1) is 20.6. The largest absolute Gasteiger partial charge is 0.386 e. The third kappa shape index (κ3) is 5.05. The molecule has 2 amide bonds. The number of rotatable bonds is 6. The van der Waals surface area contributed by atoms with Gasteiger partial charge in [0.05, 0.1) is 5.41 Å². The van der Waals surface area contributed by atoms with Gasteiger partial charge < -0.3 is 15.5 Å². The Labute approximate surface area is 154 Å². The Morgan fingerprint density at radius 2 is 1.75 bits per heavy atom. The summed E-state index contributed by atoms with van der Waals surface area (Å²) in [7, 11) is 5.69. The van der Waals surface area contributed by atoms with Gasteiger partial charge >= 0.3 is 6.03 Å². The van der Waals surface area contributed by atoms with Gasteiger partial charge in [-0.3, -0.25) is 0 Å². The Balaban J connectivity index is 3.07. The van der Waals surface area contributed by atoms with Crippen molar-refractivity contribution < 1.29 is 4.79 Å². The zero-order chi connectivity index (χ0) is 18.5. The summed E-state index contributed by atoms with van der Waals surface area (Å²) < 4.78 is 1.01. The van der Waals surface area contributed by atoms with E-state index in [1.807, 2.05) is 50.2 Å². The minimum absolute atomic E-state index is 0.197. The fourth-order valence-corrected chi connectivity index (χ4v) is 2.59. The van der Waals surface area contributed by atoms with Crippen LogP contribution in [0.5, 0.6) is 0 Å². The van der Waals surface area contributed by atoms with Crippen LogP contribution in [0.1, 0.15) is 26.3 Å². The molecule has 5 nitrogen and oxygen atoms in total. The highest BCUT2D eigenvalue weighted by molar-refractivity contribution is 9.10. The second kappa shape index (κ2) is 8.62. The highest BCUT2D eigenvalue weighted by atomic mass is 79.9. The van der Waals surface area contributed by atoms with Crippen molar-refractivity contribution in [3.63, 3.8) is 0 Å². The van der Waals surface area contributed by atoms with E-state index in [2.05, 4.69) is 34.8 Å². The van der Waals surface area contributed by atoms with Crippen LogP contribution in [0, 0.1) is 5.92 Å². The summed E-state index contributed by atoms with van der Waals surface area (Å²) in [6.07, 6.45) is 0. The number of nitrogens with zero attached hydrogens (tertiary/aromatic N) is 3. The fraction of sp³-hybridized carbons (Fsp3) is 0.556. The van der Waals surface area contributed by atoms with Crippen LogP contribution in [0.15, 0.2) is 33.7 Å². The molecular formula is C18H29BrN4O. The van der Waals surface area contributed by atoms with Crippen LogP contribution >= 0.6 is 15.9 Å². The molecule has 0 spiro atoms. The van der Waals surface area contributed by atoms with E-state index < -0.39 is 5.41 Å². The average Bonchev–Trinajstić information content (AvgIpc) is 2.51. The minimum atomic E-state index is -0.501. The van der Waals surface area contributed by atoms with Crippen molar-refractivity contribution in [2.24, 2.45) is 16.6 Å². The summed E-state index contributed by atoms with van der Waals surface area (Å²) in [6, 6.07) is 7.69. The Morgan fingerprint density at radius 1 is 1.21 bits per heavy atom. The molecule has 0 fully saturated rings. The number of carbonyl (C=O) groups excluding carboxylic acids is 1. The molecule has 0 saturated carbocycles. The molecule has 1 rings (SSSR count). The lowest BCUT2D eigenvalue weighted by Crippen LogP contribution is -2.44. The lowest BCUT2D eigenvalue weighted by molar-refractivity contribution is 0.213. The lowest BCUT2D eigenvalue weighted by Gasteiger charge is -2.34. The number of aliphatic imine (C=N–C) groups is 1. The van der Waals surface area contributed by atoms with Crippen molar-refractivity contribution in [3.8, 4) is 0 Å². The maximum absolute atomic E-state index is 12.4. The molecule has 24 heavy (non-hydrogen) atoms. The smallest absolute Gasteiger partial charge is 0.345 e. The highest BCUT2D eigenvalue weighted by Gasteiger charge is 2.35. The van der Waals surface area contributed by atoms with E-state index >= 15 is 0 Å². The van der Waals surface area contributed by atoms with Gasteiger partial charge in [-0.2, -0.15) is 4.99 Å². The van der Waals surface area contributed by atoms with Gasteiger partial charge in [0.15, 0.2) is 0 Å². The van der Waals surface area contributed by atoms with Gasteiger partial charge in [0.2, 0.25) is 0 Å². The van der Waals surface area contributed by atoms with Gasteiger partial charge in [-0.05, 0) is 44.6 Å². The number of urea groups is 1. The van der Waals surface area contributed by atoms with Gasteiger partial charge in [0, 0.05) is 24.6 Å². The molecule has 2 N–H and O–H groups in total. The maximum atomic E-state index is 12.4. The summed E-state index contributed by atoms with van der Waals surface area (Å²) in [5.41, 5.74) is 6.84. The molecular weight excluding hydrogens is 368 g/mol. The number of hydrogen-bond acceptors (Lipinski definition) is 2. The quantitative estimate of drug-likeness (QED) is 0.592. The molecule has 0 radical (unpaired) electrons. The molecule has 1 atom stereocenters. The molecule has 0 aliphatic rings. The van der Waals surface area contributed by atoms with E-state index in [0.717, 1.165) is 16.6 Å². The van der Waals surface area contributed by atoms with Crippen LogP contribution in [-0.4, -0.2) is 55.9 Å². The van der Waals surface area contributed by atoms with Crippen LogP contribution < -0.4 is 5.73 Å². The van der Waals surface area contributed by atoms with E-state index in [1.54, 1.807) is 11.9 Å². The third-order valence-electron chi connectivity index (χ3n) is 4.56. The number of halogens is 1. The van der Waals surface area contributed by atoms with E-state index in [0.29, 0.717) is 12.4 Å². The highest BCUT2D eigenvalue weighted by Crippen LogP contribution is 2.33. The van der Waals surface area contributed by atoms with Gasteiger partial charge in [0.25, 0.3) is 0 Å². The molecule has 0 saturated heterocycles. The van der Waals surface area contributed by atoms with Crippen molar-refractivity contribution in [2.75, 3.05) is 34.2 Å². The van der Waals surface area contributed by atoms with Crippen molar-refractivity contribution in [1.82, 2.24) is 9.80 Å². The number of hydrogen-bond donors (Lipinski definition) is 1. The average molecular weight is 397 g/mol. The molecule has 6 heteroatoms. The van der Waals surface area contributed by atoms with Gasteiger partial charge in [-0.1, -0.05) is 41.9 Å². The van der Waals surface area contributed by atoms with E-state index in [-0.39, 0.29) is 11.9 Å². The number of carbonyl (C=O) groups is 1. The SMILES string of the molecule is CC(C)C(C)(/C(N)=N/C(=O)N(C)CCN(C)C)c1ccc(Br)cc1. The number of amides is 2. The Morgan fingerprint density at radius 3 is 2.21 bits per heavy atom. The molecule has 0 bridgehead atoms. The van der Waals surface area contributed by atoms with Crippen molar-refractivity contribution >= 4 is 27.8 Å². The van der Waals surface area contributed by atoms with Crippen molar-refractivity contribution in [1.29, 1.82) is 0 Å². The summed E-state index contributed by atoms with van der Waals surface area (Å²) in [5, 5.41) is 0. The molecule has 1 aromatic rings.